The average molecular weight is 1030 g/mol. The van der Waals surface area contributed by atoms with Crippen molar-refractivity contribution in [1.82, 2.24) is 0 Å². The van der Waals surface area contributed by atoms with Crippen LogP contribution in [-0.4, -0.2) is 115 Å². The van der Waals surface area contributed by atoms with Gasteiger partial charge in [-0.2, -0.15) is 0 Å². The van der Waals surface area contributed by atoms with E-state index < -0.39 is 70.0 Å². The maximum atomic E-state index is 12.7. The summed E-state index contributed by atoms with van der Waals surface area (Å²) in [6, 6.07) is 41.4. The van der Waals surface area contributed by atoms with Crippen LogP contribution >= 0.6 is 0 Å². The number of benzene rings is 6. The van der Waals surface area contributed by atoms with Crippen molar-refractivity contribution in [2.45, 2.75) is 109 Å². The molecule has 6 aromatic rings. The van der Waals surface area contributed by atoms with E-state index in [9.17, 15) is 49.8 Å². The monoisotopic (exact) mass is 1020 g/mol. The van der Waals surface area contributed by atoms with E-state index in [1.807, 2.05) is 48.5 Å². The van der Waals surface area contributed by atoms with Gasteiger partial charge in [-0.05, 0) is 119 Å². The summed E-state index contributed by atoms with van der Waals surface area (Å²) < 4.78 is 24.3. The number of Topliss-reactive ketones (excluding diaryl/α,β-unsaturated/α-hetero) is 4. The predicted molar refractivity (Wildman–Crippen MR) is 283 cm³/mol. The zero-order chi connectivity index (χ0) is 54.9. The largest absolute Gasteiger partial charge is 0.491 e. The Kier molecular flexibility index (Phi) is 18.7. The Hall–Kier alpha value is -6.72. The predicted octanol–water partition coefficient (Wildman–Crippen LogP) is 8.18. The fourth-order valence-corrected chi connectivity index (χ4v) is 7.96. The second-order valence-corrected chi connectivity index (χ2v) is 20.9. The standard InChI is InChI=1S/C61H68O14/c1-58(2,68)54(64)44-21-13-40(14-22-44)52(41-15-23-45(24-16-41)55(65)59(3,4)69)74-36-48(62)34-72-50-29-9-38(10-30-50)33-39-11-31-51(32-12-39)73-35-49(63)37-75-53(42-17-25-46(26-18-42)56(66)60(5,6)70)43-19-27-47(28-20-43)57(67)61(7,8)71/h9-32,48-49,52-53,62-63,68-71H,33-37H2,1-8H3. The molecule has 396 valence electrons. The lowest BCUT2D eigenvalue weighted by molar-refractivity contribution is -0.0122. The molecule has 6 rings (SSSR count). The first-order valence-electron chi connectivity index (χ1n) is 24.7. The highest BCUT2D eigenvalue weighted by molar-refractivity contribution is 6.03. The Morgan fingerprint density at radius 2 is 0.587 bits per heavy atom. The maximum Gasteiger partial charge on any atom is 0.193 e. The van der Waals surface area contributed by atoms with E-state index in [0.717, 1.165) is 11.1 Å². The van der Waals surface area contributed by atoms with Gasteiger partial charge in [0, 0.05) is 22.3 Å². The molecule has 6 aromatic carbocycles. The van der Waals surface area contributed by atoms with Crippen molar-refractivity contribution in [3.8, 4) is 11.5 Å². The summed E-state index contributed by atoms with van der Waals surface area (Å²) in [7, 11) is 0. The average Bonchev–Trinajstić information content (AvgIpc) is 3.37. The lowest BCUT2D eigenvalue weighted by atomic mass is 9.92. The van der Waals surface area contributed by atoms with Gasteiger partial charge >= 0.3 is 0 Å². The summed E-state index contributed by atoms with van der Waals surface area (Å²) >= 11 is 0. The number of hydrogen-bond donors (Lipinski definition) is 6. The minimum Gasteiger partial charge on any atom is -0.491 e. The number of carbonyl (C=O) groups is 4. The summed E-state index contributed by atoms with van der Waals surface area (Å²) in [4.78, 5) is 50.7. The highest BCUT2D eigenvalue weighted by Gasteiger charge is 2.30. The van der Waals surface area contributed by atoms with Crippen LogP contribution in [0.15, 0.2) is 146 Å². The van der Waals surface area contributed by atoms with Gasteiger partial charge in [0.05, 0.1) is 13.2 Å². The molecule has 0 aliphatic rings. The van der Waals surface area contributed by atoms with Crippen LogP contribution in [0.3, 0.4) is 0 Å². The van der Waals surface area contributed by atoms with Gasteiger partial charge in [0.15, 0.2) is 23.1 Å². The van der Waals surface area contributed by atoms with Crippen molar-refractivity contribution in [2.24, 2.45) is 0 Å². The van der Waals surface area contributed by atoms with Crippen LogP contribution < -0.4 is 9.47 Å². The van der Waals surface area contributed by atoms with Crippen LogP contribution in [-0.2, 0) is 15.9 Å². The number of carbonyl (C=O) groups excluding carboxylic acids is 4. The number of rotatable bonds is 26. The molecule has 0 fully saturated rings. The van der Waals surface area contributed by atoms with Crippen molar-refractivity contribution in [2.75, 3.05) is 26.4 Å². The molecule has 14 nitrogen and oxygen atoms in total. The molecule has 6 N–H and O–H groups in total. The molecule has 2 atom stereocenters. The molecule has 0 heterocycles. The van der Waals surface area contributed by atoms with Gasteiger partial charge in [-0.25, -0.2) is 0 Å². The molecular formula is C61H68O14. The minimum atomic E-state index is -1.55. The second kappa shape index (κ2) is 24.3. The van der Waals surface area contributed by atoms with E-state index in [0.29, 0.717) is 62.4 Å². The van der Waals surface area contributed by atoms with E-state index in [-0.39, 0.29) is 26.4 Å². The fraction of sp³-hybridized carbons (Fsp3) is 0.344. The summed E-state index contributed by atoms with van der Waals surface area (Å²) in [5, 5.41) is 62.9. The molecule has 0 saturated carbocycles. The third-order valence-corrected chi connectivity index (χ3v) is 12.2. The molecule has 2 unspecified atom stereocenters. The number of ether oxygens (including phenoxy) is 4. The Labute approximate surface area is 438 Å². The van der Waals surface area contributed by atoms with Crippen LogP contribution in [0, 0.1) is 0 Å². The lowest BCUT2D eigenvalue weighted by Gasteiger charge is -2.23. The van der Waals surface area contributed by atoms with E-state index >= 15 is 0 Å². The molecule has 0 bridgehead atoms. The SMILES string of the molecule is CC(C)(O)C(=O)c1ccc(C(OCC(O)COc2ccc(Cc3ccc(OCC(O)COC(c4ccc(C(=O)C(C)(C)O)cc4)c4ccc(C(=O)C(C)(C)O)cc4)cc3)cc2)c2ccc(C(=O)C(C)(C)O)cc2)cc1. The molecule has 0 saturated heterocycles. The molecular weight excluding hydrogens is 957 g/mol. The molecule has 0 aliphatic heterocycles. The van der Waals surface area contributed by atoms with E-state index in [2.05, 4.69) is 0 Å². The number of hydrogen-bond acceptors (Lipinski definition) is 14. The second-order valence-electron chi connectivity index (χ2n) is 20.9. The normalized spacial score (nSPS) is 13.1. The quantitative estimate of drug-likeness (QED) is 0.0282. The number of aliphatic hydroxyl groups is 6. The van der Waals surface area contributed by atoms with Crippen molar-refractivity contribution < 1.29 is 68.8 Å². The van der Waals surface area contributed by atoms with E-state index in [1.54, 1.807) is 97.1 Å². The van der Waals surface area contributed by atoms with E-state index in [4.69, 9.17) is 18.9 Å². The van der Waals surface area contributed by atoms with Gasteiger partial charge in [-0.15, -0.1) is 0 Å². The zero-order valence-electron chi connectivity index (χ0n) is 43.7. The van der Waals surface area contributed by atoms with Crippen molar-refractivity contribution in [1.29, 1.82) is 0 Å². The minimum absolute atomic E-state index is 0.0728. The molecule has 0 aromatic heterocycles. The number of ketones is 4. The highest BCUT2D eigenvalue weighted by atomic mass is 16.5. The summed E-state index contributed by atoms with van der Waals surface area (Å²) in [5.41, 5.74) is -0.275. The molecule has 0 aliphatic carbocycles. The van der Waals surface area contributed by atoms with E-state index in [1.165, 1.54) is 55.4 Å². The third-order valence-electron chi connectivity index (χ3n) is 12.2. The fourth-order valence-electron chi connectivity index (χ4n) is 7.96. The molecule has 0 amide bonds. The topological polar surface area (TPSA) is 227 Å². The highest BCUT2D eigenvalue weighted by Crippen LogP contribution is 2.31. The molecule has 75 heavy (non-hydrogen) atoms. The molecule has 0 radical (unpaired) electrons. The Balaban J connectivity index is 1.00. The summed E-state index contributed by atoms with van der Waals surface area (Å²) in [6.07, 6.45) is -2.87. The maximum absolute atomic E-state index is 12.7. The number of aliphatic hydroxyl groups excluding tert-OH is 2. The first-order valence-corrected chi connectivity index (χ1v) is 24.7. The Morgan fingerprint density at radius 3 is 0.800 bits per heavy atom. The van der Waals surface area contributed by atoms with Crippen LogP contribution in [0.1, 0.15) is 142 Å². The van der Waals surface area contributed by atoms with Gasteiger partial charge in [-0.1, -0.05) is 121 Å². The van der Waals surface area contributed by atoms with Gasteiger partial charge in [0.25, 0.3) is 0 Å². The smallest absolute Gasteiger partial charge is 0.193 e. The first-order chi connectivity index (χ1) is 35.2. The van der Waals surface area contributed by atoms with Gasteiger partial charge in [0.2, 0.25) is 0 Å². The Bertz CT molecular complexity index is 2510. The van der Waals surface area contributed by atoms with Gasteiger partial charge < -0.3 is 49.6 Å². The van der Waals surface area contributed by atoms with Gasteiger partial charge in [-0.3, -0.25) is 19.2 Å². The van der Waals surface area contributed by atoms with Gasteiger partial charge in [0.1, 0.15) is 71.5 Å². The summed E-state index contributed by atoms with van der Waals surface area (Å²) in [5.74, 6) is -0.678. The zero-order valence-corrected chi connectivity index (χ0v) is 43.7. The molecule has 14 heteroatoms. The van der Waals surface area contributed by atoms with Crippen LogP contribution in [0.5, 0.6) is 11.5 Å². The van der Waals surface area contributed by atoms with Crippen LogP contribution in [0.2, 0.25) is 0 Å². The Morgan fingerprint density at radius 1 is 0.360 bits per heavy atom. The van der Waals surface area contributed by atoms with Crippen molar-refractivity contribution in [3.63, 3.8) is 0 Å². The third kappa shape index (κ3) is 16.1. The van der Waals surface area contributed by atoms with Crippen molar-refractivity contribution >= 4 is 23.1 Å². The summed E-state index contributed by atoms with van der Waals surface area (Å²) in [6.45, 7) is 11.0. The first kappa shape index (κ1) is 57.6. The lowest BCUT2D eigenvalue weighted by Crippen LogP contribution is -2.31. The molecule has 0 spiro atoms. The van der Waals surface area contributed by atoms with Crippen LogP contribution in [0.25, 0.3) is 0 Å². The van der Waals surface area contributed by atoms with Crippen molar-refractivity contribution in [3.05, 3.63) is 201 Å². The van der Waals surface area contributed by atoms with Crippen LogP contribution in [0.4, 0.5) is 0 Å².